The first-order valence-corrected chi connectivity index (χ1v) is 14.1. The third-order valence-corrected chi connectivity index (χ3v) is 7.15. The van der Waals surface area contributed by atoms with Gasteiger partial charge in [-0.05, 0) is 42.0 Å². The highest BCUT2D eigenvalue weighted by molar-refractivity contribution is 9.10. The van der Waals surface area contributed by atoms with E-state index < -0.39 is 57.4 Å². The summed E-state index contributed by atoms with van der Waals surface area (Å²) >= 11 is 3.31. The van der Waals surface area contributed by atoms with Crippen molar-refractivity contribution in [2.75, 3.05) is 0 Å². The summed E-state index contributed by atoms with van der Waals surface area (Å²) in [7, 11) is 0. The molecule has 0 aromatic heterocycles. The van der Waals surface area contributed by atoms with Crippen LogP contribution < -0.4 is 4.74 Å². The number of benzene rings is 5. The van der Waals surface area contributed by atoms with Gasteiger partial charge in [0.2, 0.25) is 5.75 Å². The van der Waals surface area contributed by atoms with Crippen molar-refractivity contribution < 1.29 is 38.9 Å². The van der Waals surface area contributed by atoms with Crippen molar-refractivity contribution in [1.82, 2.24) is 0 Å². The van der Waals surface area contributed by atoms with E-state index in [4.69, 9.17) is 9.47 Å². The zero-order chi connectivity index (χ0) is 31.2. The fourth-order valence-corrected chi connectivity index (χ4v) is 4.71. The van der Waals surface area contributed by atoms with Gasteiger partial charge in [0.15, 0.2) is 23.1 Å². The number of phenolic OH excluding ortho intramolecular Hbond substituents is 2. The van der Waals surface area contributed by atoms with Gasteiger partial charge in [-0.2, -0.15) is 0 Å². The minimum absolute atomic E-state index is 0.0329. The lowest BCUT2D eigenvalue weighted by atomic mass is 9.88. The number of aromatic hydroxyl groups is 2. The van der Waals surface area contributed by atoms with Crippen LogP contribution in [0.2, 0.25) is 0 Å². The lowest BCUT2D eigenvalue weighted by molar-refractivity contribution is 0.0464. The maximum atomic E-state index is 14.2. The largest absolute Gasteiger partial charge is 0.504 e. The molecule has 8 nitrogen and oxygen atoms in total. The predicted molar refractivity (Wildman–Crippen MR) is 164 cm³/mol. The highest BCUT2D eigenvalue weighted by Crippen LogP contribution is 2.46. The van der Waals surface area contributed by atoms with E-state index >= 15 is 0 Å². The lowest BCUT2D eigenvalue weighted by Crippen LogP contribution is -2.21. The molecule has 0 saturated carbocycles. The van der Waals surface area contributed by atoms with Crippen molar-refractivity contribution >= 4 is 39.4 Å². The standard InChI is InChI=1S/C35H23BrO8/c36-25-18-16-23(17-19-25)30(38)28-26(35(42)43-20-21-10-4-1-5-11-21)27(29(37)22-12-6-2-7-13-22)31(39)32(40)33(28)44-34(41)24-14-8-3-9-15-24/h1-19,39-40H,20H2. The van der Waals surface area contributed by atoms with E-state index in [0.29, 0.717) is 10.0 Å². The number of carbonyl (C=O) groups is 4. The first-order valence-electron chi connectivity index (χ1n) is 13.3. The summed E-state index contributed by atoms with van der Waals surface area (Å²) in [4.78, 5) is 55.0. The molecule has 0 spiro atoms. The molecule has 218 valence electrons. The van der Waals surface area contributed by atoms with Crippen LogP contribution in [0.5, 0.6) is 17.2 Å². The maximum absolute atomic E-state index is 14.2. The van der Waals surface area contributed by atoms with Crippen molar-refractivity contribution in [2.45, 2.75) is 6.61 Å². The van der Waals surface area contributed by atoms with Crippen LogP contribution in [0, 0.1) is 0 Å². The second-order valence-corrected chi connectivity index (χ2v) is 10.4. The van der Waals surface area contributed by atoms with Gasteiger partial charge < -0.3 is 19.7 Å². The topological polar surface area (TPSA) is 127 Å². The van der Waals surface area contributed by atoms with Crippen LogP contribution in [0.3, 0.4) is 0 Å². The molecule has 5 aromatic carbocycles. The van der Waals surface area contributed by atoms with Gasteiger partial charge in [0.25, 0.3) is 0 Å². The molecule has 5 aromatic rings. The Morgan fingerprint density at radius 3 is 1.64 bits per heavy atom. The van der Waals surface area contributed by atoms with Gasteiger partial charge in [-0.15, -0.1) is 0 Å². The Labute approximate surface area is 260 Å². The normalized spacial score (nSPS) is 10.6. The van der Waals surface area contributed by atoms with Crippen LogP contribution in [-0.4, -0.2) is 33.7 Å². The molecule has 0 bridgehead atoms. The SMILES string of the molecule is O=C(Oc1c(O)c(O)c(C(=O)c2ccccc2)c(C(=O)OCc2ccccc2)c1C(=O)c1ccc(Br)cc1)c1ccccc1. The van der Waals surface area contributed by atoms with Gasteiger partial charge in [-0.1, -0.05) is 94.8 Å². The third-order valence-electron chi connectivity index (χ3n) is 6.62. The van der Waals surface area contributed by atoms with Crippen molar-refractivity contribution in [2.24, 2.45) is 0 Å². The molecule has 44 heavy (non-hydrogen) atoms. The number of halogens is 1. The summed E-state index contributed by atoms with van der Waals surface area (Å²) in [6, 6.07) is 30.1. The van der Waals surface area contributed by atoms with E-state index in [2.05, 4.69) is 15.9 Å². The van der Waals surface area contributed by atoms with E-state index in [9.17, 15) is 29.4 Å². The summed E-state index contributed by atoms with van der Waals surface area (Å²) in [5.74, 6) is -6.85. The Morgan fingerprint density at radius 2 is 1.05 bits per heavy atom. The van der Waals surface area contributed by atoms with E-state index in [1.165, 1.54) is 36.4 Å². The maximum Gasteiger partial charge on any atom is 0.343 e. The number of phenols is 2. The molecule has 5 rings (SSSR count). The van der Waals surface area contributed by atoms with E-state index in [1.807, 2.05) is 0 Å². The highest BCUT2D eigenvalue weighted by atomic mass is 79.9. The van der Waals surface area contributed by atoms with E-state index in [-0.39, 0.29) is 23.3 Å². The molecule has 2 N–H and O–H groups in total. The predicted octanol–water partition coefficient (Wildman–Crippen LogP) is 6.90. The Morgan fingerprint density at radius 1 is 0.545 bits per heavy atom. The van der Waals surface area contributed by atoms with Crippen molar-refractivity contribution in [3.8, 4) is 17.2 Å². The summed E-state index contributed by atoms with van der Waals surface area (Å²) < 4.78 is 11.7. The molecule has 0 heterocycles. The number of rotatable bonds is 9. The monoisotopic (exact) mass is 650 g/mol. The molecule has 0 unspecified atom stereocenters. The lowest BCUT2D eigenvalue weighted by Gasteiger charge is -2.20. The van der Waals surface area contributed by atoms with Crippen molar-refractivity contribution in [3.63, 3.8) is 0 Å². The van der Waals surface area contributed by atoms with E-state index in [1.54, 1.807) is 78.9 Å². The van der Waals surface area contributed by atoms with Crippen LogP contribution in [-0.2, 0) is 11.3 Å². The van der Waals surface area contributed by atoms with Crippen LogP contribution in [0.15, 0.2) is 120 Å². The van der Waals surface area contributed by atoms with Crippen LogP contribution in [0.4, 0.5) is 0 Å². The molecule has 0 radical (unpaired) electrons. The van der Waals surface area contributed by atoms with Gasteiger partial charge in [-0.3, -0.25) is 9.59 Å². The zero-order valence-corrected chi connectivity index (χ0v) is 24.5. The minimum atomic E-state index is -1.17. The summed E-state index contributed by atoms with van der Waals surface area (Å²) in [6.45, 7) is -0.245. The third kappa shape index (κ3) is 6.28. The zero-order valence-electron chi connectivity index (χ0n) is 22.9. The van der Waals surface area contributed by atoms with Crippen LogP contribution in [0.1, 0.15) is 58.1 Å². The fourth-order valence-electron chi connectivity index (χ4n) is 4.44. The quantitative estimate of drug-likeness (QED) is 0.0763. The molecular weight excluding hydrogens is 628 g/mol. The molecule has 9 heteroatoms. The molecule has 0 aliphatic carbocycles. The van der Waals surface area contributed by atoms with Crippen LogP contribution in [0.25, 0.3) is 0 Å². The molecule has 0 aliphatic rings. The Balaban J connectivity index is 1.76. The summed E-state index contributed by atoms with van der Waals surface area (Å²) in [6.07, 6.45) is 0. The second kappa shape index (κ2) is 13.2. The Bertz CT molecular complexity index is 1850. The molecule has 0 saturated heterocycles. The van der Waals surface area contributed by atoms with Crippen LogP contribution >= 0.6 is 15.9 Å². The molecule has 0 aliphatic heterocycles. The first-order chi connectivity index (χ1) is 21.3. The summed E-state index contributed by atoms with van der Waals surface area (Å²) in [5.41, 5.74) is -1.24. The van der Waals surface area contributed by atoms with E-state index in [0.717, 1.165) is 0 Å². The first kappa shape index (κ1) is 29.9. The van der Waals surface area contributed by atoms with Crippen molar-refractivity contribution in [1.29, 1.82) is 0 Å². The Kier molecular flexibility index (Phi) is 8.97. The number of carbonyl (C=O) groups excluding carboxylic acids is 4. The minimum Gasteiger partial charge on any atom is -0.504 e. The molecule has 0 amide bonds. The van der Waals surface area contributed by atoms with Gasteiger partial charge in [-0.25, -0.2) is 9.59 Å². The number of hydrogen-bond donors (Lipinski definition) is 2. The highest BCUT2D eigenvalue weighted by Gasteiger charge is 2.37. The van der Waals surface area contributed by atoms with Gasteiger partial charge in [0, 0.05) is 15.6 Å². The fraction of sp³-hybridized carbons (Fsp3) is 0.0286. The second-order valence-electron chi connectivity index (χ2n) is 9.50. The average Bonchev–Trinajstić information content (AvgIpc) is 3.06. The van der Waals surface area contributed by atoms with Gasteiger partial charge >= 0.3 is 11.9 Å². The smallest absolute Gasteiger partial charge is 0.343 e. The van der Waals surface area contributed by atoms with Gasteiger partial charge in [0.1, 0.15) is 6.61 Å². The van der Waals surface area contributed by atoms with Gasteiger partial charge in [0.05, 0.1) is 22.3 Å². The summed E-state index contributed by atoms with van der Waals surface area (Å²) in [5, 5.41) is 22.4. The molecule has 0 fully saturated rings. The Hall–Kier alpha value is -5.54. The number of hydrogen-bond acceptors (Lipinski definition) is 8. The van der Waals surface area contributed by atoms with Crippen molar-refractivity contribution in [3.05, 3.63) is 159 Å². The number of ketones is 2. The number of ether oxygens (including phenoxy) is 2. The average molecular weight is 651 g/mol. The molecule has 0 atom stereocenters. The molecular formula is C35H23BrO8. The number of esters is 2.